The van der Waals surface area contributed by atoms with Gasteiger partial charge in [-0.2, -0.15) is 0 Å². The van der Waals surface area contributed by atoms with Gasteiger partial charge >= 0.3 is 0 Å². The molecule has 5 rings (SSSR count). The first-order chi connectivity index (χ1) is 16.8. The molecule has 3 N–H and O–H groups in total. The van der Waals surface area contributed by atoms with Crippen LogP contribution in [0.2, 0.25) is 0 Å². The standard InChI is InChI=1S/C27H32N6O2/c1-27(2,35)25-13-23(9-11-29-25)33(32(3)22-6-7-22)24-14-26(30-16-20(24)17-34)31-21-5-4-18-8-10-28-15-19(18)12-21/h4-5,9,11-14,16-17,22,28,35H,6-8,10,15H2,1-3H3,(H,30,31). The Balaban J connectivity index is 1.53. The molecular formula is C27H32N6O2. The van der Waals surface area contributed by atoms with Gasteiger partial charge < -0.3 is 15.7 Å². The van der Waals surface area contributed by atoms with E-state index in [1.165, 1.54) is 11.1 Å². The normalized spacial score (nSPS) is 15.6. The number of anilines is 4. The molecule has 3 heterocycles. The molecule has 0 radical (unpaired) electrons. The maximum absolute atomic E-state index is 12.1. The van der Waals surface area contributed by atoms with E-state index in [0.29, 0.717) is 23.1 Å². The highest BCUT2D eigenvalue weighted by Crippen LogP contribution is 2.37. The Hall–Kier alpha value is -3.33. The maximum Gasteiger partial charge on any atom is 0.153 e. The Labute approximate surface area is 206 Å². The molecule has 2 aliphatic rings. The maximum atomic E-state index is 12.1. The van der Waals surface area contributed by atoms with Crippen molar-refractivity contribution in [2.45, 2.75) is 51.3 Å². The summed E-state index contributed by atoms with van der Waals surface area (Å²) in [5.41, 5.74) is 5.13. The zero-order valence-electron chi connectivity index (χ0n) is 20.5. The van der Waals surface area contributed by atoms with Gasteiger partial charge in [-0.3, -0.25) is 14.8 Å². The number of aromatic nitrogens is 2. The van der Waals surface area contributed by atoms with Gasteiger partial charge in [0.2, 0.25) is 0 Å². The molecule has 0 atom stereocenters. The van der Waals surface area contributed by atoms with Crippen molar-refractivity contribution in [2.24, 2.45) is 0 Å². The Kier molecular flexibility index (Phi) is 6.27. The highest BCUT2D eigenvalue weighted by Gasteiger charge is 2.33. The van der Waals surface area contributed by atoms with Crippen molar-refractivity contribution in [3.05, 3.63) is 71.2 Å². The van der Waals surface area contributed by atoms with Gasteiger partial charge in [-0.05, 0) is 75.0 Å². The predicted octanol–water partition coefficient (Wildman–Crippen LogP) is 4.05. The minimum Gasteiger partial charge on any atom is -0.384 e. The van der Waals surface area contributed by atoms with Crippen molar-refractivity contribution in [1.29, 1.82) is 0 Å². The molecule has 0 spiro atoms. The number of nitrogens with one attached hydrogen (secondary N) is 2. The van der Waals surface area contributed by atoms with Crippen molar-refractivity contribution >= 4 is 29.2 Å². The minimum atomic E-state index is -1.08. The lowest BCUT2D eigenvalue weighted by atomic mass is 10.0. The second-order valence-corrected chi connectivity index (χ2v) is 9.86. The zero-order chi connectivity index (χ0) is 24.6. The molecule has 3 aromatic rings. The molecule has 0 unspecified atom stereocenters. The van der Waals surface area contributed by atoms with Crippen molar-refractivity contribution < 1.29 is 9.90 Å². The summed E-state index contributed by atoms with van der Waals surface area (Å²) < 4.78 is 0. The largest absolute Gasteiger partial charge is 0.384 e. The van der Waals surface area contributed by atoms with Crippen LogP contribution < -0.4 is 15.6 Å². The van der Waals surface area contributed by atoms with E-state index in [2.05, 4.69) is 43.8 Å². The van der Waals surface area contributed by atoms with Crippen molar-refractivity contribution in [2.75, 3.05) is 23.9 Å². The number of hydrogen-bond donors (Lipinski definition) is 3. The van der Waals surface area contributed by atoms with Crippen LogP contribution >= 0.6 is 0 Å². The lowest BCUT2D eigenvalue weighted by Gasteiger charge is -2.35. The van der Waals surface area contributed by atoms with Crippen LogP contribution in [0.5, 0.6) is 0 Å². The second-order valence-electron chi connectivity index (χ2n) is 9.86. The topological polar surface area (TPSA) is 93.6 Å². The molecule has 2 aromatic heterocycles. The molecule has 0 bridgehead atoms. The quantitative estimate of drug-likeness (QED) is 0.334. The SMILES string of the molecule is CN(C1CC1)N(c1ccnc(C(C)(C)O)c1)c1cc(Nc2ccc3c(c2)CNCC3)ncc1C=O. The number of hydrogen-bond acceptors (Lipinski definition) is 8. The Morgan fingerprint density at radius 2 is 1.97 bits per heavy atom. The number of pyridine rings is 2. The Morgan fingerprint density at radius 1 is 1.14 bits per heavy atom. The van der Waals surface area contributed by atoms with E-state index in [-0.39, 0.29) is 0 Å². The van der Waals surface area contributed by atoms with E-state index in [0.717, 1.165) is 55.7 Å². The second kappa shape index (κ2) is 9.37. The van der Waals surface area contributed by atoms with Gasteiger partial charge in [-0.25, -0.2) is 9.99 Å². The first-order valence-electron chi connectivity index (χ1n) is 12.1. The molecular weight excluding hydrogens is 440 g/mol. The molecule has 182 valence electrons. The van der Waals surface area contributed by atoms with Crippen LogP contribution in [0.3, 0.4) is 0 Å². The molecule has 1 aromatic carbocycles. The lowest BCUT2D eigenvalue weighted by Crippen LogP contribution is -2.38. The van der Waals surface area contributed by atoms with E-state index < -0.39 is 5.60 Å². The van der Waals surface area contributed by atoms with Crippen molar-refractivity contribution in [1.82, 2.24) is 20.3 Å². The number of benzene rings is 1. The van der Waals surface area contributed by atoms with Crippen molar-refractivity contribution in [3.63, 3.8) is 0 Å². The van der Waals surface area contributed by atoms with Gasteiger partial charge in [0.1, 0.15) is 11.4 Å². The van der Waals surface area contributed by atoms with Crippen LogP contribution in [0.4, 0.5) is 22.9 Å². The molecule has 8 nitrogen and oxygen atoms in total. The van der Waals surface area contributed by atoms with Crippen LogP contribution in [0.15, 0.2) is 48.8 Å². The van der Waals surface area contributed by atoms with Gasteiger partial charge in [-0.15, -0.1) is 0 Å². The number of nitrogens with zero attached hydrogens (tertiary/aromatic N) is 4. The predicted molar refractivity (Wildman–Crippen MR) is 137 cm³/mol. The molecule has 35 heavy (non-hydrogen) atoms. The van der Waals surface area contributed by atoms with E-state index in [4.69, 9.17) is 0 Å². The van der Waals surface area contributed by atoms with Crippen LogP contribution in [0.25, 0.3) is 0 Å². The third-order valence-corrected chi connectivity index (χ3v) is 6.64. The van der Waals surface area contributed by atoms with Crippen molar-refractivity contribution in [3.8, 4) is 0 Å². The Bertz CT molecular complexity index is 1230. The van der Waals surface area contributed by atoms with Gasteiger partial charge in [0.05, 0.1) is 22.6 Å². The number of aliphatic hydroxyl groups is 1. The monoisotopic (exact) mass is 472 g/mol. The van der Waals surface area contributed by atoms with Crippen LogP contribution in [0, 0.1) is 0 Å². The van der Waals surface area contributed by atoms with E-state index in [1.807, 2.05) is 30.3 Å². The fourth-order valence-corrected chi connectivity index (χ4v) is 4.49. The lowest BCUT2D eigenvalue weighted by molar-refractivity contribution is 0.0738. The molecule has 1 aliphatic carbocycles. The van der Waals surface area contributed by atoms with Crippen LogP contribution in [0.1, 0.15) is 53.9 Å². The summed E-state index contributed by atoms with van der Waals surface area (Å²) >= 11 is 0. The number of fused-ring (bicyclic) bond motifs is 1. The summed E-state index contributed by atoms with van der Waals surface area (Å²) in [6.45, 7) is 5.30. The summed E-state index contributed by atoms with van der Waals surface area (Å²) in [4.78, 5) is 20.9. The fourth-order valence-electron chi connectivity index (χ4n) is 4.49. The molecule has 8 heteroatoms. The van der Waals surface area contributed by atoms with Gasteiger partial charge in [-0.1, -0.05) is 6.07 Å². The number of aldehydes is 1. The molecule has 0 amide bonds. The first kappa shape index (κ1) is 23.4. The van der Waals surface area contributed by atoms with Crippen LogP contribution in [-0.4, -0.2) is 46.0 Å². The van der Waals surface area contributed by atoms with Gasteiger partial charge in [0, 0.05) is 43.8 Å². The summed E-state index contributed by atoms with van der Waals surface area (Å²) in [7, 11) is 2.03. The first-order valence-corrected chi connectivity index (χ1v) is 12.1. The van der Waals surface area contributed by atoms with Gasteiger partial charge in [0.15, 0.2) is 6.29 Å². The summed E-state index contributed by atoms with van der Waals surface area (Å²) in [6, 6.07) is 12.5. The third kappa shape index (κ3) is 5.05. The number of rotatable bonds is 8. The molecule has 0 saturated heterocycles. The highest BCUT2D eigenvalue weighted by molar-refractivity contribution is 5.87. The Morgan fingerprint density at radius 3 is 2.71 bits per heavy atom. The fraction of sp³-hybridized carbons (Fsp3) is 0.370. The number of carbonyl (C=O) groups excluding carboxylic acids is 1. The number of hydrazine groups is 1. The van der Waals surface area contributed by atoms with Gasteiger partial charge in [0.25, 0.3) is 0 Å². The average molecular weight is 473 g/mol. The van der Waals surface area contributed by atoms with Crippen LogP contribution in [-0.2, 0) is 18.6 Å². The molecule has 1 fully saturated rings. The highest BCUT2D eigenvalue weighted by atomic mass is 16.3. The summed E-state index contributed by atoms with van der Waals surface area (Å²) in [6.07, 6.45) is 7.35. The van der Waals surface area contributed by atoms with E-state index in [9.17, 15) is 9.90 Å². The minimum absolute atomic E-state index is 0.381. The number of carbonyl (C=O) groups is 1. The average Bonchev–Trinajstić information content (AvgIpc) is 3.70. The molecule has 1 saturated carbocycles. The smallest absolute Gasteiger partial charge is 0.153 e. The summed E-state index contributed by atoms with van der Waals surface area (Å²) in [5.74, 6) is 0.653. The molecule has 1 aliphatic heterocycles. The van der Waals surface area contributed by atoms with E-state index >= 15 is 0 Å². The van der Waals surface area contributed by atoms with E-state index in [1.54, 1.807) is 26.2 Å². The summed E-state index contributed by atoms with van der Waals surface area (Å²) in [5, 5.41) is 21.6. The zero-order valence-corrected chi connectivity index (χ0v) is 20.5. The third-order valence-electron chi connectivity index (χ3n) is 6.64.